The highest BCUT2D eigenvalue weighted by molar-refractivity contribution is 5.76. The largest absolute Gasteiger partial charge is 0.394 e. The zero-order valence-corrected chi connectivity index (χ0v) is 23.9. The standard InChI is InChI=1S/C31H61NO4/c1-3-5-7-9-11-13-15-17-19-21-23-25-30(35)29(27-33)32-31(36)26-28(34)24-22-20-18-16-14-12-10-8-6-4-2/h12,14,28-30,33-35H,3-11,13,15-27H2,1-2H3,(H,32,36)/b14-12-. The minimum absolute atomic E-state index is 0.0268. The molecule has 4 N–H and O–H groups in total. The van der Waals surface area contributed by atoms with Gasteiger partial charge in [-0.2, -0.15) is 0 Å². The van der Waals surface area contributed by atoms with Crippen LogP contribution in [0, 0.1) is 0 Å². The van der Waals surface area contributed by atoms with Gasteiger partial charge >= 0.3 is 0 Å². The number of hydrogen-bond donors (Lipinski definition) is 4. The zero-order chi connectivity index (χ0) is 26.7. The molecule has 3 unspecified atom stereocenters. The molecule has 0 saturated carbocycles. The summed E-state index contributed by atoms with van der Waals surface area (Å²) < 4.78 is 0. The minimum Gasteiger partial charge on any atom is -0.394 e. The van der Waals surface area contributed by atoms with Crippen molar-refractivity contribution in [2.24, 2.45) is 0 Å². The van der Waals surface area contributed by atoms with Gasteiger partial charge < -0.3 is 20.6 Å². The fraction of sp³-hybridized carbons (Fsp3) is 0.903. The number of unbranched alkanes of at least 4 members (excludes halogenated alkanes) is 16. The van der Waals surface area contributed by atoms with E-state index in [2.05, 4.69) is 31.3 Å². The fourth-order valence-corrected chi connectivity index (χ4v) is 4.63. The third kappa shape index (κ3) is 23.5. The second-order valence-electron chi connectivity index (χ2n) is 10.7. The number of nitrogens with one attached hydrogen (secondary N) is 1. The van der Waals surface area contributed by atoms with Crippen LogP contribution in [0.3, 0.4) is 0 Å². The van der Waals surface area contributed by atoms with Gasteiger partial charge in [0, 0.05) is 0 Å². The Bertz CT molecular complexity index is 497. The van der Waals surface area contributed by atoms with Crippen LogP contribution in [-0.2, 0) is 4.79 Å². The second-order valence-corrected chi connectivity index (χ2v) is 10.7. The van der Waals surface area contributed by atoms with Crippen molar-refractivity contribution >= 4 is 5.91 Å². The average molecular weight is 512 g/mol. The Balaban J connectivity index is 3.77. The van der Waals surface area contributed by atoms with E-state index in [9.17, 15) is 20.1 Å². The van der Waals surface area contributed by atoms with E-state index in [0.717, 1.165) is 38.5 Å². The normalized spacial score (nSPS) is 14.2. The lowest BCUT2D eigenvalue weighted by Crippen LogP contribution is -2.46. The molecule has 1 amide bonds. The van der Waals surface area contributed by atoms with Crippen LogP contribution in [0.2, 0.25) is 0 Å². The molecule has 0 spiro atoms. The number of allylic oxidation sites excluding steroid dienone is 2. The molecule has 36 heavy (non-hydrogen) atoms. The van der Waals surface area contributed by atoms with Crippen LogP contribution in [0.25, 0.3) is 0 Å². The third-order valence-corrected chi connectivity index (χ3v) is 7.08. The number of amides is 1. The summed E-state index contributed by atoms with van der Waals surface area (Å²) in [6.07, 6.45) is 27.3. The van der Waals surface area contributed by atoms with E-state index in [4.69, 9.17) is 0 Å². The van der Waals surface area contributed by atoms with Crippen molar-refractivity contribution in [2.75, 3.05) is 6.61 Å². The topological polar surface area (TPSA) is 89.8 Å². The van der Waals surface area contributed by atoms with Crippen molar-refractivity contribution in [3.05, 3.63) is 12.2 Å². The predicted octanol–water partition coefficient (Wildman–Crippen LogP) is 7.36. The Labute approximate surface area is 223 Å². The third-order valence-electron chi connectivity index (χ3n) is 7.08. The molecule has 0 aromatic heterocycles. The summed E-state index contributed by atoms with van der Waals surface area (Å²) in [6.45, 7) is 4.18. The van der Waals surface area contributed by atoms with Gasteiger partial charge in [0.15, 0.2) is 0 Å². The highest BCUT2D eigenvalue weighted by atomic mass is 16.3. The van der Waals surface area contributed by atoms with Gasteiger partial charge in [-0.3, -0.25) is 4.79 Å². The molecule has 0 rings (SSSR count). The highest BCUT2D eigenvalue weighted by Crippen LogP contribution is 2.14. The summed E-state index contributed by atoms with van der Waals surface area (Å²) in [5, 5.41) is 32.9. The van der Waals surface area contributed by atoms with Crippen LogP contribution < -0.4 is 5.32 Å². The molecular formula is C31H61NO4. The molecule has 0 aromatic rings. The minimum atomic E-state index is -0.746. The lowest BCUT2D eigenvalue weighted by Gasteiger charge is -2.23. The molecule has 0 radical (unpaired) electrons. The number of aliphatic hydroxyl groups excluding tert-OH is 3. The molecule has 3 atom stereocenters. The highest BCUT2D eigenvalue weighted by Gasteiger charge is 2.21. The van der Waals surface area contributed by atoms with E-state index in [1.165, 1.54) is 83.5 Å². The molecule has 0 aromatic carbocycles. The fourth-order valence-electron chi connectivity index (χ4n) is 4.63. The van der Waals surface area contributed by atoms with Gasteiger partial charge in [-0.1, -0.05) is 122 Å². The van der Waals surface area contributed by atoms with Crippen LogP contribution in [0.4, 0.5) is 0 Å². The summed E-state index contributed by atoms with van der Waals surface area (Å²) in [5.41, 5.74) is 0. The summed E-state index contributed by atoms with van der Waals surface area (Å²) >= 11 is 0. The maximum atomic E-state index is 12.3. The molecule has 0 aliphatic carbocycles. The maximum absolute atomic E-state index is 12.3. The Hall–Kier alpha value is -0.910. The number of carbonyl (C=O) groups is 1. The molecule has 0 aliphatic rings. The van der Waals surface area contributed by atoms with Crippen molar-refractivity contribution in [1.29, 1.82) is 0 Å². The lowest BCUT2D eigenvalue weighted by atomic mass is 10.0. The summed E-state index contributed by atoms with van der Waals surface area (Å²) in [7, 11) is 0. The smallest absolute Gasteiger partial charge is 0.222 e. The first-order valence-electron chi connectivity index (χ1n) is 15.5. The number of aliphatic hydroxyl groups is 3. The van der Waals surface area contributed by atoms with Gasteiger partial charge in [-0.15, -0.1) is 0 Å². The van der Waals surface area contributed by atoms with Gasteiger partial charge in [0.25, 0.3) is 0 Å². The van der Waals surface area contributed by atoms with Crippen LogP contribution in [0.5, 0.6) is 0 Å². The van der Waals surface area contributed by atoms with Gasteiger partial charge in [-0.05, 0) is 38.5 Å². The molecule has 214 valence electrons. The zero-order valence-electron chi connectivity index (χ0n) is 23.9. The molecule has 5 nitrogen and oxygen atoms in total. The Morgan fingerprint density at radius 1 is 0.667 bits per heavy atom. The first kappa shape index (κ1) is 35.1. The Morgan fingerprint density at radius 2 is 1.11 bits per heavy atom. The van der Waals surface area contributed by atoms with Crippen molar-refractivity contribution in [1.82, 2.24) is 5.32 Å². The number of carbonyl (C=O) groups excluding carboxylic acids is 1. The van der Waals surface area contributed by atoms with Gasteiger partial charge in [-0.25, -0.2) is 0 Å². The van der Waals surface area contributed by atoms with Gasteiger partial charge in [0.05, 0.1) is 31.3 Å². The van der Waals surface area contributed by atoms with Crippen molar-refractivity contribution in [2.45, 2.75) is 173 Å². The molecule has 0 saturated heterocycles. The SMILES string of the molecule is CCCCC/C=C\CCCCCC(O)CC(=O)NC(CO)C(O)CCCCCCCCCCCCC. The monoisotopic (exact) mass is 511 g/mol. The van der Waals surface area contributed by atoms with Crippen LogP contribution >= 0.6 is 0 Å². The van der Waals surface area contributed by atoms with Crippen molar-refractivity contribution in [3.8, 4) is 0 Å². The van der Waals surface area contributed by atoms with Gasteiger partial charge in [0.1, 0.15) is 0 Å². The molecule has 0 heterocycles. The Morgan fingerprint density at radius 3 is 1.67 bits per heavy atom. The first-order valence-corrected chi connectivity index (χ1v) is 15.5. The van der Waals surface area contributed by atoms with E-state index >= 15 is 0 Å². The van der Waals surface area contributed by atoms with E-state index in [0.29, 0.717) is 12.8 Å². The van der Waals surface area contributed by atoms with Crippen LogP contribution in [0.15, 0.2) is 12.2 Å². The number of rotatable bonds is 27. The average Bonchev–Trinajstić information content (AvgIpc) is 2.86. The van der Waals surface area contributed by atoms with Crippen molar-refractivity contribution < 1.29 is 20.1 Å². The van der Waals surface area contributed by atoms with Crippen LogP contribution in [0.1, 0.15) is 155 Å². The first-order chi connectivity index (χ1) is 17.5. The molecule has 0 fully saturated rings. The van der Waals surface area contributed by atoms with Crippen molar-refractivity contribution in [3.63, 3.8) is 0 Å². The maximum Gasteiger partial charge on any atom is 0.222 e. The molecular weight excluding hydrogens is 450 g/mol. The Kier molecular flexibility index (Phi) is 26.4. The van der Waals surface area contributed by atoms with E-state index in [1.807, 2.05) is 0 Å². The summed E-state index contributed by atoms with van der Waals surface area (Å²) in [4.78, 5) is 12.3. The predicted molar refractivity (Wildman–Crippen MR) is 153 cm³/mol. The van der Waals surface area contributed by atoms with Crippen LogP contribution in [-0.4, -0.2) is 46.1 Å². The van der Waals surface area contributed by atoms with E-state index < -0.39 is 18.2 Å². The molecule has 0 aliphatic heterocycles. The lowest BCUT2D eigenvalue weighted by molar-refractivity contribution is -0.125. The number of hydrogen-bond acceptors (Lipinski definition) is 4. The summed E-state index contributed by atoms with van der Waals surface area (Å²) in [5.74, 6) is -0.297. The molecule has 0 bridgehead atoms. The van der Waals surface area contributed by atoms with E-state index in [-0.39, 0.29) is 18.9 Å². The quantitative estimate of drug-likeness (QED) is 0.0685. The summed E-state index contributed by atoms with van der Waals surface area (Å²) in [6, 6.07) is -0.656. The van der Waals surface area contributed by atoms with Gasteiger partial charge in [0.2, 0.25) is 5.91 Å². The second kappa shape index (κ2) is 27.1. The molecule has 5 heteroatoms. The van der Waals surface area contributed by atoms with E-state index in [1.54, 1.807) is 0 Å².